The van der Waals surface area contributed by atoms with Crippen LogP contribution in [-0.2, 0) is 4.79 Å². The number of ketones is 1. The van der Waals surface area contributed by atoms with E-state index in [-0.39, 0.29) is 5.78 Å². The van der Waals surface area contributed by atoms with Crippen molar-refractivity contribution in [3.05, 3.63) is 0 Å². The molecule has 0 aliphatic heterocycles. The predicted octanol–water partition coefficient (Wildman–Crippen LogP) is 1.06. The van der Waals surface area contributed by atoms with Crippen molar-refractivity contribution in [2.75, 3.05) is 6.54 Å². The Morgan fingerprint density at radius 2 is 2.38 bits per heavy atom. The molecule has 0 N–H and O–H groups in total. The van der Waals surface area contributed by atoms with Crippen molar-refractivity contribution in [3.63, 3.8) is 0 Å². The van der Waals surface area contributed by atoms with Gasteiger partial charge in [-0.25, -0.2) is 0 Å². The van der Waals surface area contributed by atoms with E-state index in [1.165, 1.54) is 0 Å². The highest BCUT2D eigenvalue weighted by atomic mass is 16.1. The minimum absolute atomic E-state index is 0.204. The maximum atomic E-state index is 10.2. The van der Waals surface area contributed by atoms with Crippen molar-refractivity contribution < 1.29 is 4.79 Å². The topological polar surface area (TPSA) is 29.4 Å². The van der Waals surface area contributed by atoms with E-state index in [4.69, 9.17) is 0 Å². The predicted molar refractivity (Wildman–Crippen MR) is 34.3 cm³/mol. The van der Waals surface area contributed by atoms with Crippen molar-refractivity contribution in [2.24, 2.45) is 4.99 Å². The van der Waals surface area contributed by atoms with Crippen LogP contribution in [0.4, 0.5) is 0 Å². The highest BCUT2D eigenvalue weighted by Gasteiger charge is 1.86. The molecule has 0 spiro atoms. The quantitative estimate of drug-likeness (QED) is 0.503. The number of hydrogen-bond acceptors (Lipinski definition) is 2. The Morgan fingerprint density at radius 3 is 2.75 bits per heavy atom. The minimum atomic E-state index is 0.204. The first kappa shape index (κ1) is 7.34. The fourth-order valence-electron chi connectivity index (χ4n) is 0.351. The summed E-state index contributed by atoms with van der Waals surface area (Å²) in [7, 11) is 0. The van der Waals surface area contributed by atoms with Crippen molar-refractivity contribution in [1.82, 2.24) is 0 Å². The summed E-state index contributed by atoms with van der Waals surface area (Å²) >= 11 is 0. The van der Waals surface area contributed by atoms with Gasteiger partial charge in [-0.1, -0.05) is 0 Å². The van der Waals surface area contributed by atoms with Crippen LogP contribution < -0.4 is 0 Å². The lowest BCUT2D eigenvalue weighted by atomic mass is 10.3. The van der Waals surface area contributed by atoms with Gasteiger partial charge in [-0.3, -0.25) is 9.79 Å². The summed E-state index contributed by atoms with van der Waals surface area (Å²) < 4.78 is 0. The van der Waals surface area contributed by atoms with Gasteiger partial charge in [-0.05, 0) is 20.1 Å². The van der Waals surface area contributed by atoms with Crippen LogP contribution in [0.3, 0.4) is 0 Å². The van der Waals surface area contributed by atoms with E-state index in [0.29, 0.717) is 13.0 Å². The van der Waals surface area contributed by atoms with Crippen LogP contribution >= 0.6 is 0 Å². The normalized spacial score (nSPS) is 10.2. The molecular weight excluding hydrogens is 102 g/mol. The van der Waals surface area contributed by atoms with Crippen LogP contribution in [0.1, 0.15) is 20.3 Å². The molecule has 0 aliphatic carbocycles. The second kappa shape index (κ2) is 4.50. The van der Waals surface area contributed by atoms with Gasteiger partial charge < -0.3 is 0 Å². The summed E-state index contributed by atoms with van der Waals surface area (Å²) in [6.45, 7) is 4.07. The molecule has 0 unspecified atom stereocenters. The van der Waals surface area contributed by atoms with Gasteiger partial charge in [0.1, 0.15) is 5.78 Å². The average Bonchev–Trinajstić information content (AvgIpc) is 1.66. The van der Waals surface area contributed by atoms with Gasteiger partial charge in [0.25, 0.3) is 0 Å². The van der Waals surface area contributed by atoms with Gasteiger partial charge in [0, 0.05) is 13.0 Å². The van der Waals surface area contributed by atoms with Gasteiger partial charge in [0.2, 0.25) is 0 Å². The molecule has 0 aromatic carbocycles. The molecule has 0 amide bonds. The van der Waals surface area contributed by atoms with E-state index in [9.17, 15) is 4.79 Å². The third-order valence-electron chi connectivity index (χ3n) is 0.776. The summed E-state index contributed by atoms with van der Waals surface area (Å²) in [5.41, 5.74) is 0. The van der Waals surface area contributed by atoms with Crippen molar-refractivity contribution in [3.8, 4) is 0 Å². The lowest BCUT2D eigenvalue weighted by Crippen LogP contribution is -1.91. The molecule has 0 radical (unpaired) electrons. The zero-order valence-electron chi connectivity index (χ0n) is 5.35. The van der Waals surface area contributed by atoms with Gasteiger partial charge in [-0.2, -0.15) is 0 Å². The number of hydrogen-bond donors (Lipinski definition) is 0. The molecule has 0 aliphatic rings. The molecule has 8 heavy (non-hydrogen) atoms. The molecule has 0 saturated carbocycles. The highest BCUT2D eigenvalue weighted by molar-refractivity contribution is 5.75. The van der Waals surface area contributed by atoms with E-state index < -0.39 is 0 Å². The maximum Gasteiger partial charge on any atom is 0.131 e. The van der Waals surface area contributed by atoms with Gasteiger partial charge in [-0.15, -0.1) is 0 Å². The highest BCUT2D eigenvalue weighted by Crippen LogP contribution is 1.80. The van der Waals surface area contributed by atoms with Crippen LogP contribution in [0, 0.1) is 0 Å². The largest absolute Gasteiger partial charge is 0.300 e. The fourth-order valence-corrected chi connectivity index (χ4v) is 0.351. The maximum absolute atomic E-state index is 10.2. The molecule has 0 rings (SSSR count). The van der Waals surface area contributed by atoms with Crippen LogP contribution in [0.25, 0.3) is 0 Å². The number of aliphatic imine (C=N–C) groups is 1. The Kier molecular flexibility index (Phi) is 4.13. The first-order valence-corrected chi connectivity index (χ1v) is 2.71. The zero-order valence-corrected chi connectivity index (χ0v) is 5.35. The lowest BCUT2D eigenvalue weighted by molar-refractivity contribution is -0.116. The Hall–Kier alpha value is -0.660. The van der Waals surface area contributed by atoms with Crippen LogP contribution in [0.15, 0.2) is 4.99 Å². The molecule has 0 atom stereocenters. The molecule has 0 bridgehead atoms. The van der Waals surface area contributed by atoms with Crippen molar-refractivity contribution in [2.45, 2.75) is 20.3 Å². The number of carbonyl (C=O) groups excluding carboxylic acids is 1. The molecule has 2 heteroatoms. The Bertz CT molecular complexity index is 96.7. The summed E-state index contributed by atoms with van der Waals surface area (Å²) in [4.78, 5) is 14.1. The fraction of sp³-hybridized carbons (Fsp3) is 0.667. The summed E-state index contributed by atoms with van der Waals surface area (Å²) in [6.07, 6.45) is 2.28. The van der Waals surface area contributed by atoms with Gasteiger partial charge in [0.15, 0.2) is 0 Å². The van der Waals surface area contributed by atoms with E-state index in [1.807, 2.05) is 6.92 Å². The summed E-state index contributed by atoms with van der Waals surface area (Å²) in [5.74, 6) is 0.204. The van der Waals surface area contributed by atoms with Crippen molar-refractivity contribution >= 4 is 12.0 Å². The molecule has 0 aromatic heterocycles. The standard InChI is InChI=1S/C6H11NO/c1-3-7-5-4-6(2)8/h3H,4-5H2,1-2H3/b7-3+. The first-order chi connectivity index (χ1) is 3.77. The average molecular weight is 113 g/mol. The Balaban J connectivity index is 3.05. The first-order valence-electron chi connectivity index (χ1n) is 2.71. The minimum Gasteiger partial charge on any atom is -0.300 e. The smallest absolute Gasteiger partial charge is 0.131 e. The summed E-state index contributed by atoms with van der Waals surface area (Å²) in [6, 6.07) is 0. The van der Waals surface area contributed by atoms with Gasteiger partial charge in [0.05, 0.1) is 0 Å². The van der Waals surface area contributed by atoms with Crippen LogP contribution in [0.5, 0.6) is 0 Å². The SMILES string of the molecule is C/C=N/CCC(C)=O. The molecule has 0 aromatic rings. The number of carbonyl (C=O) groups is 1. The number of nitrogens with zero attached hydrogens (tertiary/aromatic N) is 1. The molecule has 0 fully saturated rings. The monoisotopic (exact) mass is 113 g/mol. The zero-order chi connectivity index (χ0) is 6.41. The third-order valence-corrected chi connectivity index (χ3v) is 0.776. The Morgan fingerprint density at radius 1 is 1.75 bits per heavy atom. The van der Waals surface area contributed by atoms with E-state index >= 15 is 0 Å². The number of rotatable bonds is 3. The molecule has 0 heterocycles. The lowest BCUT2D eigenvalue weighted by Gasteiger charge is -1.84. The molecule has 46 valence electrons. The van der Waals surface area contributed by atoms with Crippen molar-refractivity contribution in [1.29, 1.82) is 0 Å². The Labute approximate surface area is 49.6 Å². The van der Waals surface area contributed by atoms with Crippen LogP contribution in [-0.4, -0.2) is 18.5 Å². The molecule has 2 nitrogen and oxygen atoms in total. The van der Waals surface area contributed by atoms with E-state index in [0.717, 1.165) is 0 Å². The van der Waals surface area contributed by atoms with Gasteiger partial charge >= 0.3 is 0 Å². The summed E-state index contributed by atoms with van der Waals surface area (Å²) in [5, 5.41) is 0. The second-order valence-corrected chi connectivity index (χ2v) is 1.62. The van der Waals surface area contributed by atoms with E-state index in [2.05, 4.69) is 4.99 Å². The number of Topliss-reactive ketones (excluding diaryl/α,β-unsaturated/α-hetero) is 1. The molecule has 0 saturated heterocycles. The van der Waals surface area contributed by atoms with E-state index in [1.54, 1.807) is 13.1 Å². The molecular formula is C6H11NO. The third kappa shape index (κ3) is 5.34. The second-order valence-electron chi connectivity index (χ2n) is 1.62. The van der Waals surface area contributed by atoms with Crippen LogP contribution in [0.2, 0.25) is 0 Å².